The summed E-state index contributed by atoms with van der Waals surface area (Å²) >= 11 is 7.34. The van der Waals surface area contributed by atoms with E-state index in [2.05, 4.69) is 4.98 Å². The standard InChI is InChI=1S/C17H17ClN2O4S/c18-11-5-4-6-12-14(11)19-16(25-12)15(17(22)23)24-13(7-10-21)20-8-2-1-3-9-20/h4-7,13,15H,1-3,8-9H2,(H,22,23). The number of likely N-dealkylation sites (tertiary alicyclic amines) is 1. The minimum Gasteiger partial charge on any atom is -0.479 e. The SMILES string of the molecule is O=C=CC(OC(C(=O)O)c1nc2c(Cl)cccc2s1)N1CCCCC1. The molecule has 1 fully saturated rings. The van der Waals surface area contributed by atoms with E-state index >= 15 is 0 Å². The van der Waals surface area contributed by atoms with Gasteiger partial charge in [0.05, 0.1) is 9.72 Å². The molecule has 25 heavy (non-hydrogen) atoms. The largest absolute Gasteiger partial charge is 0.479 e. The van der Waals surface area contributed by atoms with Crippen LogP contribution in [0.15, 0.2) is 24.3 Å². The van der Waals surface area contributed by atoms with Crippen molar-refractivity contribution in [1.29, 1.82) is 0 Å². The molecule has 1 N–H and O–H groups in total. The topological polar surface area (TPSA) is 79.7 Å². The van der Waals surface area contributed by atoms with Crippen molar-refractivity contribution < 1.29 is 19.4 Å². The Kier molecular flexibility index (Phi) is 5.83. The van der Waals surface area contributed by atoms with Crippen molar-refractivity contribution in [2.24, 2.45) is 0 Å². The number of carbonyl (C=O) groups is 1. The number of aromatic nitrogens is 1. The molecule has 0 aliphatic carbocycles. The highest BCUT2D eigenvalue weighted by Crippen LogP contribution is 2.33. The third-order valence-electron chi connectivity index (χ3n) is 4.07. The Labute approximate surface area is 153 Å². The van der Waals surface area contributed by atoms with E-state index in [9.17, 15) is 14.7 Å². The van der Waals surface area contributed by atoms with E-state index in [0.29, 0.717) is 15.5 Å². The molecule has 0 spiro atoms. The van der Waals surface area contributed by atoms with E-state index in [1.54, 1.807) is 18.1 Å². The molecule has 0 amide bonds. The van der Waals surface area contributed by atoms with Gasteiger partial charge in [0.25, 0.3) is 0 Å². The molecule has 0 radical (unpaired) electrons. The average molecular weight is 381 g/mol. The highest BCUT2D eigenvalue weighted by atomic mass is 35.5. The maximum Gasteiger partial charge on any atom is 0.340 e. The fourth-order valence-corrected chi connectivity index (χ4v) is 4.16. The first-order valence-corrected chi connectivity index (χ1v) is 9.18. The number of piperidine rings is 1. The van der Waals surface area contributed by atoms with Crippen LogP contribution in [0.5, 0.6) is 0 Å². The monoisotopic (exact) mass is 380 g/mol. The van der Waals surface area contributed by atoms with Crippen LogP contribution in [0, 0.1) is 0 Å². The van der Waals surface area contributed by atoms with Crippen LogP contribution in [0.3, 0.4) is 0 Å². The molecule has 0 bridgehead atoms. The van der Waals surface area contributed by atoms with Crippen molar-refractivity contribution in [2.75, 3.05) is 13.1 Å². The fourth-order valence-electron chi connectivity index (χ4n) is 2.87. The fraction of sp³-hybridized carbons (Fsp3) is 0.412. The molecule has 132 valence electrons. The molecule has 2 atom stereocenters. The quantitative estimate of drug-likeness (QED) is 0.774. The van der Waals surface area contributed by atoms with Gasteiger partial charge in [-0.15, -0.1) is 11.3 Å². The summed E-state index contributed by atoms with van der Waals surface area (Å²) < 4.78 is 6.55. The zero-order valence-electron chi connectivity index (χ0n) is 13.4. The summed E-state index contributed by atoms with van der Waals surface area (Å²) in [6, 6.07) is 5.32. The first kappa shape index (κ1) is 18.0. The van der Waals surface area contributed by atoms with Crippen LogP contribution in [-0.2, 0) is 14.3 Å². The van der Waals surface area contributed by atoms with Crippen molar-refractivity contribution in [3.63, 3.8) is 0 Å². The number of aliphatic carboxylic acids is 1. The molecule has 1 aliphatic rings. The molecule has 2 heterocycles. The maximum absolute atomic E-state index is 11.8. The van der Waals surface area contributed by atoms with E-state index in [1.165, 1.54) is 17.4 Å². The van der Waals surface area contributed by atoms with Crippen molar-refractivity contribution in [2.45, 2.75) is 31.6 Å². The van der Waals surface area contributed by atoms with Crippen LogP contribution in [-0.4, -0.2) is 46.2 Å². The first-order chi connectivity index (χ1) is 12.1. The lowest BCUT2D eigenvalue weighted by molar-refractivity contribution is -0.160. The predicted molar refractivity (Wildman–Crippen MR) is 95.6 cm³/mol. The molecule has 6 nitrogen and oxygen atoms in total. The smallest absolute Gasteiger partial charge is 0.340 e. The summed E-state index contributed by atoms with van der Waals surface area (Å²) in [6.45, 7) is 1.50. The summed E-state index contributed by atoms with van der Waals surface area (Å²) in [4.78, 5) is 28.9. The molecule has 0 saturated carbocycles. The lowest BCUT2D eigenvalue weighted by Crippen LogP contribution is -2.41. The number of para-hydroxylation sites is 1. The Bertz CT molecular complexity index is 812. The number of nitrogens with zero attached hydrogens (tertiary/aromatic N) is 2. The molecule has 3 rings (SSSR count). The second-order valence-electron chi connectivity index (χ2n) is 5.76. The van der Waals surface area contributed by atoms with Crippen LogP contribution in [0.2, 0.25) is 5.02 Å². The first-order valence-electron chi connectivity index (χ1n) is 7.98. The van der Waals surface area contributed by atoms with Crippen LogP contribution < -0.4 is 0 Å². The Morgan fingerprint density at radius 3 is 2.80 bits per heavy atom. The van der Waals surface area contributed by atoms with Gasteiger partial charge in [0.2, 0.25) is 6.10 Å². The van der Waals surface area contributed by atoms with E-state index in [-0.39, 0.29) is 0 Å². The predicted octanol–water partition coefficient (Wildman–Crippen LogP) is 3.29. The van der Waals surface area contributed by atoms with Gasteiger partial charge in [0.15, 0.2) is 0 Å². The molecule has 8 heteroatoms. The zero-order valence-corrected chi connectivity index (χ0v) is 14.9. The number of carbonyl (C=O) groups excluding carboxylic acids is 1. The summed E-state index contributed by atoms with van der Waals surface area (Å²) in [5, 5.41) is 10.4. The number of halogens is 1. The van der Waals surface area contributed by atoms with Gasteiger partial charge in [-0.05, 0) is 25.0 Å². The number of benzene rings is 1. The van der Waals surface area contributed by atoms with Gasteiger partial charge in [-0.3, -0.25) is 4.90 Å². The van der Waals surface area contributed by atoms with Crippen LogP contribution in [0.25, 0.3) is 10.2 Å². The lowest BCUT2D eigenvalue weighted by Gasteiger charge is -2.32. The third-order valence-corrected chi connectivity index (χ3v) is 5.44. The number of rotatable bonds is 6. The molecule has 2 unspecified atom stereocenters. The van der Waals surface area contributed by atoms with Gasteiger partial charge in [-0.1, -0.05) is 24.1 Å². The van der Waals surface area contributed by atoms with E-state index < -0.39 is 18.3 Å². The highest BCUT2D eigenvalue weighted by molar-refractivity contribution is 7.18. The van der Waals surface area contributed by atoms with Gasteiger partial charge in [0.1, 0.15) is 22.7 Å². The minimum absolute atomic E-state index is 0.303. The number of thiazole rings is 1. The van der Waals surface area contributed by atoms with Gasteiger partial charge < -0.3 is 9.84 Å². The van der Waals surface area contributed by atoms with Gasteiger partial charge in [0, 0.05) is 19.2 Å². The zero-order chi connectivity index (χ0) is 17.8. The summed E-state index contributed by atoms with van der Waals surface area (Å²) in [5.41, 5.74) is 0.555. The number of fused-ring (bicyclic) bond motifs is 1. The number of hydrogen-bond acceptors (Lipinski definition) is 6. The Morgan fingerprint density at radius 2 is 2.16 bits per heavy atom. The Morgan fingerprint density at radius 1 is 1.40 bits per heavy atom. The third kappa shape index (κ3) is 4.08. The van der Waals surface area contributed by atoms with Crippen molar-refractivity contribution in [1.82, 2.24) is 9.88 Å². The van der Waals surface area contributed by atoms with Crippen LogP contribution in [0.1, 0.15) is 30.4 Å². The van der Waals surface area contributed by atoms with Gasteiger partial charge in [-0.2, -0.15) is 0 Å². The molecule has 1 saturated heterocycles. The molecule has 1 aromatic carbocycles. The number of carboxylic acid groups (broad SMARTS) is 1. The number of carboxylic acids is 1. The minimum atomic E-state index is -1.27. The molecular formula is C17H17ClN2O4S. The highest BCUT2D eigenvalue weighted by Gasteiger charge is 2.31. The summed E-state index contributed by atoms with van der Waals surface area (Å²) in [6.07, 6.45) is 2.31. The average Bonchev–Trinajstić information content (AvgIpc) is 3.04. The molecular weight excluding hydrogens is 364 g/mol. The normalized spacial score (nSPS) is 17.8. The van der Waals surface area contributed by atoms with E-state index in [1.807, 2.05) is 11.0 Å². The number of hydrogen-bond donors (Lipinski definition) is 1. The lowest BCUT2D eigenvalue weighted by atomic mass is 10.1. The Balaban J connectivity index is 1.89. The van der Waals surface area contributed by atoms with Crippen molar-refractivity contribution in [3.8, 4) is 0 Å². The summed E-state index contributed by atoms with van der Waals surface area (Å²) in [5.74, 6) is 0.568. The molecule has 1 aliphatic heterocycles. The van der Waals surface area contributed by atoms with Crippen LogP contribution in [0.4, 0.5) is 0 Å². The number of ether oxygens (including phenoxy) is 1. The second kappa shape index (κ2) is 8.08. The molecule has 1 aromatic heterocycles. The van der Waals surface area contributed by atoms with Crippen molar-refractivity contribution in [3.05, 3.63) is 34.3 Å². The van der Waals surface area contributed by atoms with Gasteiger partial charge in [-0.25, -0.2) is 14.6 Å². The summed E-state index contributed by atoms with van der Waals surface area (Å²) in [7, 11) is 0. The van der Waals surface area contributed by atoms with E-state index in [0.717, 1.165) is 37.1 Å². The van der Waals surface area contributed by atoms with Gasteiger partial charge >= 0.3 is 5.97 Å². The Hall–Kier alpha value is -1.76. The maximum atomic E-state index is 11.8. The molecule has 2 aromatic rings. The van der Waals surface area contributed by atoms with Crippen molar-refractivity contribution >= 4 is 45.1 Å². The second-order valence-corrected chi connectivity index (χ2v) is 7.23. The van der Waals surface area contributed by atoms with E-state index in [4.69, 9.17) is 16.3 Å². The van der Waals surface area contributed by atoms with Crippen LogP contribution >= 0.6 is 22.9 Å².